The van der Waals surface area contributed by atoms with E-state index in [1.807, 2.05) is 42.5 Å². The average Bonchev–Trinajstić information content (AvgIpc) is 3.61. The van der Waals surface area contributed by atoms with Crippen molar-refractivity contribution in [3.05, 3.63) is 194 Å². The molecule has 0 saturated carbocycles. The molecular formula is C52H32N4. The first-order valence-electron chi connectivity index (χ1n) is 18.9. The fourth-order valence-electron chi connectivity index (χ4n) is 8.53. The molecule has 0 bridgehead atoms. The van der Waals surface area contributed by atoms with Crippen molar-refractivity contribution in [2.75, 3.05) is 0 Å². The lowest BCUT2D eigenvalue weighted by atomic mass is 9.82. The van der Waals surface area contributed by atoms with Crippen LogP contribution in [0.2, 0.25) is 0 Å². The first-order valence-corrected chi connectivity index (χ1v) is 18.9. The third-order valence-electron chi connectivity index (χ3n) is 11.0. The number of aromatic nitrogens is 4. The molecule has 0 aliphatic heterocycles. The first-order chi connectivity index (χ1) is 27.8. The van der Waals surface area contributed by atoms with Gasteiger partial charge in [0.25, 0.3) is 0 Å². The number of nitrogens with zero attached hydrogens (tertiary/aromatic N) is 4. The zero-order chi connectivity index (χ0) is 37.0. The molecule has 3 aromatic heterocycles. The summed E-state index contributed by atoms with van der Waals surface area (Å²) in [7, 11) is 0. The number of hydrogen-bond donors (Lipinski definition) is 0. The van der Waals surface area contributed by atoms with Gasteiger partial charge in [-0.2, -0.15) is 0 Å². The second-order valence-electron chi connectivity index (χ2n) is 14.1. The van der Waals surface area contributed by atoms with Crippen LogP contribution in [0.5, 0.6) is 0 Å². The molecule has 260 valence electrons. The van der Waals surface area contributed by atoms with Gasteiger partial charge in [0.15, 0.2) is 5.82 Å². The summed E-state index contributed by atoms with van der Waals surface area (Å²) < 4.78 is 0. The highest BCUT2D eigenvalue weighted by molar-refractivity contribution is 6.28. The highest BCUT2D eigenvalue weighted by Gasteiger charge is 2.31. The van der Waals surface area contributed by atoms with E-state index in [4.69, 9.17) is 9.97 Å². The summed E-state index contributed by atoms with van der Waals surface area (Å²) in [6, 6.07) is 64.6. The predicted octanol–water partition coefficient (Wildman–Crippen LogP) is 13.2. The summed E-state index contributed by atoms with van der Waals surface area (Å²) in [6.45, 7) is 0. The summed E-state index contributed by atoms with van der Waals surface area (Å²) in [5.41, 5.74) is 16.6. The summed E-state index contributed by atoms with van der Waals surface area (Å²) in [4.78, 5) is 19.0. The van der Waals surface area contributed by atoms with Gasteiger partial charge in [-0.3, -0.25) is 9.97 Å². The third kappa shape index (κ3) is 5.15. The van der Waals surface area contributed by atoms with Gasteiger partial charge in [-0.05, 0) is 108 Å². The van der Waals surface area contributed by atoms with Gasteiger partial charge in [0.2, 0.25) is 0 Å². The van der Waals surface area contributed by atoms with E-state index in [1.54, 1.807) is 12.4 Å². The molecule has 1 aliphatic rings. The minimum Gasteiger partial charge on any atom is -0.255 e. The maximum Gasteiger partial charge on any atom is 0.179 e. The molecule has 0 atom stereocenters. The topological polar surface area (TPSA) is 51.6 Å². The number of pyridine rings is 2. The SMILES string of the molecule is c1ccc(-c2c3c(c(-c4ccccc4)c4ccccc24)-c2ccc(-c4ccc(-c5cc(-c6ccccn6)nc(-c6ccccn6)n5)cc4)c4cccc-3c24)cc1. The van der Waals surface area contributed by atoms with E-state index in [2.05, 4.69) is 149 Å². The van der Waals surface area contributed by atoms with E-state index in [9.17, 15) is 0 Å². The quantitative estimate of drug-likeness (QED) is 0.172. The zero-order valence-corrected chi connectivity index (χ0v) is 30.3. The van der Waals surface area contributed by atoms with Crippen LogP contribution in [0.3, 0.4) is 0 Å². The van der Waals surface area contributed by atoms with Crippen LogP contribution >= 0.6 is 0 Å². The molecule has 0 N–H and O–H groups in total. The van der Waals surface area contributed by atoms with Crippen LogP contribution in [0.15, 0.2) is 194 Å². The Bertz CT molecular complexity index is 2940. The van der Waals surface area contributed by atoms with Gasteiger partial charge >= 0.3 is 0 Å². The van der Waals surface area contributed by atoms with Crippen molar-refractivity contribution in [3.63, 3.8) is 0 Å². The summed E-state index contributed by atoms with van der Waals surface area (Å²) in [5, 5.41) is 5.06. The lowest BCUT2D eigenvalue weighted by molar-refractivity contribution is 1.13. The first kappa shape index (κ1) is 31.9. The van der Waals surface area contributed by atoms with Gasteiger partial charge in [-0.25, -0.2) is 9.97 Å². The van der Waals surface area contributed by atoms with Crippen LogP contribution < -0.4 is 0 Å². The van der Waals surface area contributed by atoms with Crippen LogP contribution in [-0.4, -0.2) is 19.9 Å². The largest absolute Gasteiger partial charge is 0.255 e. The molecule has 0 amide bonds. The average molecular weight is 713 g/mol. The zero-order valence-electron chi connectivity index (χ0n) is 30.3. The highest BCUT2D eigenvalue weighted by atomic mass is 14.9. The molecule has 3 heterocycles. The van der Waals surface area contributed by atoms with Crippen LogP contribution in [0, 0.1) is 0 Å². The molecule has 1 aliphatic carbocycles. The van der Waals surface area contributed by atoms with E-state index in [0.717, 1.165) is 33.9 Å². The van der Waals surface area contributed by atoms with Crippen molar-refractivity contribution in [3.8, 4) is 89.8 Å². The highest BCUT2D eigenvalue weighted by Crippen LogP contribution is 2.58. The van der Waals surface area contributed by atoms with Crippen LogP contribution in [0.25, 0.3) is 111 Å². The van der Waals surface area contributed by atoms with Gasteiger partial charge in [-0.1, -0.05) is 152 Å². The van der Waals surface area contributed by atoms with Gasteiger partial charge in [0, 0.05) is 18.0 Å². The molecule has 4 nitrogen and oxygen atoms in total. The predicted molar refractivity (Wildman–Crippen MR) is 230 cm³/mol. The minimum atomic E-state index is 0.567. The van der Waals surface area contributed by atoms with Gasteiger partial charge < -0.3 is 0 Å². The molecule has 10 aromatic rings. The fourth-order valence-corrected chi connectivity index (χ4v) is 8.53. The molecule has 0 fully saturated rings. The molecule has 4 heteroatoms. The van der Waals surface area contributed by atoms with Crippen molar-refractivity contribution in [1.82, 2.24) is 19.9 Å². The van der Waals surface area contributed by atoms with Crippen molar-refractivity contribution < 1.29 is 0 Å². The molecule has 7 aromatic carbocycles. The third-order valence-corrected chi connectivity index (χ3v) is 11.0. The Morgan fingerprint density at radius 1 is 0.286 bits per heavy atom. The molecule has 0 unspecified atom stereocenters. The van der Waals surface area contributed by atoms with E-state index in [1.165, 1.54) is 71.6 Å². The Balaban J connectivity index is 1.09. The summed E-state index contributed by atoms with van der Waals surface area (Å²) in [5.74, 6) is 0.567. The Morgan fingerprint density at radius 3 is 1.43 bits per heavy atom. The van der Waals surface area contributed by atoms with E-state index in [0.29, 0.717) is 5.82 Å². The van der Waals surface area contributed by atoms with E-state index < -0.39 is 0 Å². The maximum absolute atomic E-state index is 4.99. The molecule has 56 heavy (non-hydrogen) atoms. The van der Waals surface area contributed by atoms with Crippen molar-refractivity contribution in [1.29, 1.82) is 0 Å². The maximum atomic E-state index is 4.99. The normalized spacial score (nSPS) is 11.6. The van der Waals surface area contributed by atoms with Gasteiger partial charge in [0.1, 0.15) is 5.69 Å². The Hall–Kier alpha value is -7.56. The second kappa shape index (κ2) is 13.1. The number of fused-ring (bicyclic) bond motifs is 4. The van der Waals surface area contributed by atoms with E-state index in [-0.39, 0.29) is 0 Å². The van der Waals surface area contributed by atoms with Crippen molar-refractivity contribution >= 4 is 21.5 Å². The summed E-state index contributed by atoms with van der Waals surface area (Å²) in [6.07, 6.45) is 3.56. The number of rotatable bonds is 6. The van der Waals surface area contributed by atoms with E-state index >= 15 is 0 Å². The molecule has 0 radical (unpaired) electrons. The second-order valence-corrected chi connectivity index (χ2v) is 14.1. The van der Waals surface area contributed by atoms with Crippen LogP contribution in [-0.2, 0) is 0 Å². The standard InChI is InChI=1S/C52H32N4/c1-3-14-35(15-4-1)47-39-18-7-8-19-40(39)48(36-16-5-2-6-17-36)51-42-29-28-37(38-20-13-21-41(49(38)42)50(47)51)33-24-26-34(27-25-33)45-32-46(43-22-9-11-30-53-43)56-52(55-45)44-23-10-12-31-54-44/h1-32H. The lowest BCUT2D eigenvalue weighted by Gasteiger charge is -2.20. The monoisotopic (exact) mass is 712 g/mol. The fraction of sp³-hybridized carbons (Fsp3) is 0. The Kier molecular flexibility index (Phi) is 7.46. The molecule has 11 rings (SSSR count). The molecule has 0 spiro atoms. The summed E-state index contributed by atoms with van der Waals surface area (Å²) >= 11 is 0. The van der Waals surface area contributed by atoms with Gasteiger partial charge in [0.05, 0.1) is 17.1 Å². The van der Waals surface area contributed by atoms with Crippen LogP contribution in [0.1, 0.15) is 0 Å². The Labute approximate surface area is 324 Å². The van der Waals surface area contributed by atoms with Crippen LogP contribution in [0.4, 0.5) is 0 Å². The van der Waals surface area contributed by atoms with Gasteiger partial charge in [-0.15, -0.1) is 0 Å². The number of benzene rings is 7. The molecule has 0 saturated heterocycles. The smallest absolute Gasteiger partial charge is 0.179 e. The number of hydrogen-bond acceptors (Lipinski definition) is 4. The molecular weight excluding hydrogens is 681 g/mol. The lowest BCUT2D eigenvalue weighted by Crippen LogP contribution is -1.98. The Morgan fingerprint density at radius 2 is 0.804 bits per heavy atom. The van der Waals surface area contributed by atoms with Crippen molar-refractivity contribution in [2.45, 2.75) is 0 Å². The van der Waals surface area contributed by atoms with Crippen molar-refractivity contribution in [2.24, 2.45) is 0 Å². The minimum absolute atomic E-state index is 0.567.